The van der Waals surface area contributed by atoms with E-state index in [1.807, 2.05) is 6.92 Å². The Morgan fingerprint density at radius 2 is 1.64 bits per heavy atom. The van der Waals surface area contributed by atoms with Crippen molar-refractivity contribution in [3.63, 3.8) is 0 Å². The molecule has 3 N–H and O–H groups in total. The van der Waals surface area contributed by atoms with E-state index in [0.717, 1.165) is 11.3 Å². The quantitative estimate of drug-likeness (QED) is 0.329. The van der Waals surface area contributed by atoms with E-state index in [0.29, 0.717) is 5.96 Å². The summed E-state index contributed by atoms with van der Waals surface area (Å²) in [6.07, 6.45) is 0. The van der Waals surface area contributed by atoms with Gasteiger partial charge in [-0.2, -0.15) is 5.10 Å². The Morgan fingerprint density at radius 1 is 0.955 bits per heavy atom. The Morgan fingerprint density at radius 3 is 2.41 bits per heavy atom. The third kappa shape index (κ3) is 2.63. The first-order valence-electron chi connectivity index (χ1n) is 7.13. The summed E-state index contributed by atoms with van der Waals surface area (Å²) in [4.78, 5) is 3.82. The molecule has 0 saturated heterocycles. The van der Waals surface area contributed by atoms with Gasteiger partial charge >= 0.3 is 0 Å². The zero-order valence-electron chi connectivity index (χ0n) is 12.7. The average Bonchev–Trinajstić information content (AvgIpc) is 2.58. The minimum atomic E-state index is 0.297. The van der Waals surface area contributed by atoms with Crippen LogP contribution in [0.1, 0.15) is 12.5 Å². The van der Waals surface area contributed by atoms with Gasteiger partial charge in [-0.25, -0.2) is 5.43 Å². The van der Waals surface area contributed by atoms with E-state index in [9.17, 15) is 0 Å². The smallest absolute Gasteiger partial charge is 0.209 e. The fourth-order valence-electron chi connectivity index (χ4n) is 2.48. The highest BCUT2D eigenvalue weighted by Gasteiger charge is 2.04. The number of hydrogen-bond acceptors (Lipinski definition) is 2. The molecule has 3 rings (SSSR count). The van der Waals surface area contributed by atoms with Gasteiger partial charge in [0.2, 0.25) is 5.96 Å². The second-order valence-electron chi connectivity index (χ2n) is 5.14. The largest absolute Gasteiger partial charge is 0.369 e. The van der Waals surface area contributed by atoms with Crippen molar-refractivity contribution in [3.05, 3.63) is 60.2 Å². The molecule has 0 amide bonds. The molecular weight excluding hydrogens is 272 g/mol. The monoisotopic (exact) mass is 290 g/mol. The van der Waals surface area contributed by atoms with Crippen LogP contribution in [0.3, 0.4) is 0 Å². The number of nitrogens with zero attached hydrogens (tertiary/aromatic N) is 2. The summed E-state index contributed by atoms with van der Waals surface area (Å²) in [7, 11) is 1.62. The predicted octanol–water partition coefficient (Wildman–Crippen LogP) is 3.25. The molecule has 0 atom stereocenters. The maximum absolute atomic E-state index is 5.60. The molecule has 0 aliphatic carbocycles. The molecule has 4 heteroatoms. The molecule has 0 aliphatic rings. The van der Waals surface area contributed by atoms with Crippen molar-refractivity contribution in [1.82, 2.24) is 5.43 Å². The summed E-state index contributed by atoms with van der Waals surface area (Å²) in [6.45, 7) is 1.95. The number of rotatable bonds is 2. The number of aliphatic imine (C=N–C) groups is 1. The summed E-state index contributed by atoms with van der Waals surface area (Å²) in [5, 5.41) is 9.19. The lowest BCUT2D eigenvalue weighted by Gasteiger charge is -2.07. The highest BCUT2D eigenvalue weighted by atomic mass is 15.4. The van der Waals surface area contributed by atoms with Crippen LogP contribution in [-0.2, 0) is 0 Å². The Kier molecular flexibility index (Phi) is 3.74. The minimum absolute atomic E-state index is 0.297. The van der Waals surface area contributed by atoms with Crippen LogP contribution in [0.4, 0.5) is 0 Å². The summed E-state index contributed by atoms with van der Waals surface area (Å²) >= 11 is 0. The van der Waals surface area contributed by atoms with E-state index in [4.69, 9.17) is 5.73 Å². The van der Waals surface area contributed by atoms with Gasteiger partial charge in [-0.3, -0.25) is 4.99 Å². The van der Waals surface area contributed by atoms with Crippen molar-refractivity contribution in [2.45, 2.75) is 6.92 Å². The van der Waals surface area contributed by atoms with Gasteiger partial charge in [0.1, 0.15) is 0 Å². The van der Waals surface area contributed by atoms with Crippen LogP contribution < -0.4 is 11.2 Å². The fourth-order valence-corrected chi connectivity index (χ4v) is 2.48. The molecule has 110 valence electrons. The molecular formula is C18H18N4. The Labute approximate surface area is 129 Å². The fraction of sp³-hybridized carbons (Fsp3) is 0.111. The van der Waals surface area contributed by atoms with Gasteiger partial charge in [0, 0.05) is 7.05 Å². The van der Waals surface area contributed by atoms with Crippen molar-refractivity contribution >= 4 is 33.2 Å². The maximum Gasteiger partial charge on any atom is 0.209 e. The number of benzene rings is 3. The summed E-state index contributed by atoms with van der Waals surface area (Å²) in [5.74, 6) is 0.297. The predicted molar refractivity (Wildman–Crippen MR) is 94.3 cm³/mol. The van der Waals surface area contributed by atoms with Crippen molar-refractivity contribution < 1.29 is 0 Å². The van der Waals surface area contributed by atoms with Crippen molar-refractivity contribution in [2.24, 2.45) is 15.8 Å². The van der Waals surface area contributed by atoms with Crippen LogP contribution in [0.25, 0.3) is 21.5 Å². The lowest BCUT2D eigenvalue weighted by Crippen LogP contribution is -2.27. The molecule has 3 aromatic carbocycles. The third-order valence-electron chi connectivity index (χ3n) is 3.74. The Hall–Kier alpha value is -2.88. The van der Waals surface area contributed by atoms with E-state index in [-0.39, 0.29) is 0 Å². The molecule has 0 spiro atoms. The molecule has 3 aromatic rings. The first kappa shape index (κ1) is 14.1. The lowest BCUT2D eigenvalue weighted by atomic mass is 9.99. The van der Waals surface area contributed by atoms with Crippen LogP contribution in [0.5, 0.6) is 0 Å². The van der Waals surface area contributed by atoms with Crippen LogP contribution in [-0.4, -0.2) is 18.7 Å². The highest BCUT2D eigenvalue weighted by Crippen LogP contribution is 2.26. The normalized spacial score (nSPS) is 12.8. The molecule has 0 aliphatic heterocycles. The van der Waals surface area contributed by atoms with Crippen molar-refractivity contribution in [3.8, 4) is 0 Å². The van der Waals surface area contributed by atoms with Crippen LogP contribution in [0.15, 0.2) is 64.7 Å². The van der Waals surface area contributed by atoms with E-state index >= 15 is 0 Å². The average molecular weight is 290 g/mol. The SMILES string of the molecule is CN=C(N)N/N=C(\C)c1ccc2ccc3ccccc3c2c1. The molecule has 0 bridgehead atoms. The molecule has 0 heterocycles. The first-order valence-corrected chi connectivity index (χ1v) is 7.13. The number of fused-ring (bicyclic) bond motifs is 3. The van der Waals surface area contributed by atoms with E-state index < -0.39 is 0 Å². The van der Waals surface area contributed by atoms with Gasteiger partial charge < -0.3 is 5.73 Å². The highest BCUT2D eigenvalue weighted by molar-refractivity contribution is 6.11. The van der Waals surface area contributed by atoms with E-state index in [1.165, 1.54) is 21.5 Å². The third-order valence-corrected chi connectivity index (χ3v) is 3.74. The summed E-state index contributed by atoms with van der Waals surface area (Å²) in [5.41, 5.74) is 10.2. The molecule has 0 fully saturated rings. The maximum atomic E-state index is 5.60. The first-order chi connectivity index (χ1) is 10.7. The zero-order valence-corrected chi connectivity index (χ0v) is 12.7. The van der Waals surface area contributed by atoms with Gasteiger partial charge in [0.25, 0.3) is 0 Å². The summed E-state index contributed by atoms with van der Waals surface area (Å²) < 4.78 is 0. The van der Waals surface area contributed by atoms with Crippen molar-refractivity contribution in [1.29, 1.82) is 0 Å². The Balaban J connectivity index is 2.10. The molecule has 0 aromatic heterocycles. The van der Waals surface area contributed by atoms with Gasteiger partial charge in [-0.15, -0.1) is 0 Å². The number of hydrogen-bond donors (Lipinski definition) is 2. The molecule has 4 nitrogen and oxygen atoms in total. The molecule has 0 unspecified atom stereocenters. The molecule has 22 heavy (non-hydrogen) atoms. The lowest BCUT2D eigenvalue weighted by molar-refractivity contribution is 0.997. The van der Waals surface area contributed by atoms with Gasteiger partial charge in [0.05, 0.1) is 5.71 Å². The van der Waals surface area contributed by atoms with Crippen LogP contribution in [0, 0.1) is 0 Å². The topological polar surface area (TPSA) is 62.8 Å². The van der Waals surface area contributed by atoms with Crippen LogP contribution in [0.2, 0.25) is 0 Å². The number of nitrogens with one attached hydrogen (secondary N) is 1. The van der Waals surface area contributed by atoms with Crippen LogP contribution >= 0.6 is 0 Å². The van der Waals surface area contributed by atoms with Gasteiger partial charge in [-0.05, 0) is 40.1 Å². The second-order valence-corrected chi connectivity index (χ2v) is 5.14. The molecule has 0 saturated carbocycles. The number of guanidine groups is 1. The minimum Gasteiger partial charge on any atom is -0.369 e. The zero-order chi connectivity index (χ0) is 15.5. The van der Waals surface area contributed by atoms with Crippen molar-refractivity contribution in [2.75, 3.05) is 7.05 Å². The van der Waals surface area contributed by atoms with E-state index in [2.05, 4.69) is 70.1 Å². The van der Waals surface area contributed by atoms with Gasteiger partial charge in [0.15, 0.2) is 0 Å². The molecule has 0 radical (unpaired) electrons. The Bertz CT molecular complexity index is 894. The second kappa shape index (κ2) is 5.85. The van der Waals surface area contributed by atoms with Gasteiger partial charge in [-0.1, -0.05) is 48.5 Å². The van der Waals surface area contributed by atoms with E-state index in [1.54, 1.807) is 7.05 Å². The number of nitrogens with two attached hydrogens (primary N) is 1. The summed E-state index contributed by atoms with van der Waals surface area (Å²) in [6, 6.07) is 19.0. The standard InChI is InChI=1S/C18H18N4/c1-12(21-22-18(19)20-2)15-10-9-14-8-7-13-5-3-4-6-16(13)17(14)11-15/h3-11H,1-2H3,(H3,19,20,22)/b21-12+. The number of hydrazone groups is 1.